The van der Waals surface area contributed by atoms with E-state index in [1.807, 2.05) is 6.92 Å². The average molecular weight is 373 g/mol. The van der Waals surface area contributed by atoms with Crippen molar-refractivity contribution >= 4 is 33.1 Å². The van der Waals surface area contributed by atoms with E-state index in [9.17, 15) is 4.79 Å². The molecule has 0 aliphatic heterocycles. The average Bonchev–Trinajstić information content (AvgIpc) is 2.99. The molecule has 1 amide bonds. The number of thiophene rings is 1. The Labute approximate surface area is 154 Å². The third-order valence-electron chi connectivity index (χ3n) is 3.82. The van der Waals surface area contributed by atoms with Crippen molar-refractivity contribution in [1.29, 1.82) is 0 Å². The summed E-state index contributed by atoms with van der Waals surface area (Å²) in [4.78, 5) is 22.8. The van der Waals surface area contributed by atoms with E-state index in [-0.39, 0.29) is 12.5 Å². The zero-order valence-electron chi connectivity index (χ0n) is 15.0. The Morgan fingerprint density at radius 2 is 1.85 bits per heavy atom. The molecule has 0 unspecified atom stereocenters. The maximum absolute atomic E-state index is 12.7. The molecular formula is C18H19N3O4S. The van der Waals surface area contributed by atoms with Gasteiger partial charge in [-0.3, -0.25) is 4.79 Å². The summed E-state index contributed by atoms with van der Waals surface area (Å²) < 4.78 is 15.6. The number of carbonyl (C=O) groups excluding carboxylic acids is 1. The van der Waals surface area contributed by atoms with Gasteiger partial charge in [-0.05, 0) is 36.8 Å². The molecular weight excluding hydrogens is 354 g/mol. The minimum Gasteiger partial charge on any atom is -0.497 e. The first-order chi connectivity index (χ1) is 12.6. The SMILES string of the molecule is COCc1nc(OC)c2c(C)c(C(=O)Nc3ccc(OC)cc3)sc2n1. The summed E-state index contributed by atoms with van der Waals surface area (Å²) in [6.07, 6.45) is 0. The van der Waals surface area contributed by atoms with Crippen LogP contribution in [0.4, 0.5) is 5.69 Å². The zero-order chi connectivity index (χ0) is 18.7. The first-order valence-electron chi connectivity index (χ1n) is 7.85. The van der Waals surface area contributed by atoms with Gasteiger partial charge in [0.2, 0.25) is 5.88 Å². The molecule has 0 atom stereocenters. The summed E-state index contributed by atoms with van der Waals surface area (Å²) in [6, 6.07) is 7.16. The summed E-state index contributed by atoms with van der Waals surface area (Å²) >= 11 is 1.31. The van der Waals surface area contributed by atoms with Crippen LogP contribution in [0.1, 0.15) is 21.1 Å². The van der Waals surface area contributed by atoms with Crippen molar-refractivity contribution in [3.8, 4) is 11.6 Å². The Hall–Kier alpha value is -2.71. The first-order valence-corrected chi connectivity index (χ1v) is 8.67. The van der Waals surface area contributed by atoms with Gasteiger partial charge in [0.1, 0.15) is 17.2 Å². The molecule has 26 heavy (non-hydrogen) atoms. The molecule has 0 fully saturated rings. The van der Waals surface area contributed by atoms with Crippen LogP contribution in [0.15, 0.2) is 24.3 Å². The summed E-state index contributed by atoms with van der Waals surface area (Å²) in [6.45, 7) is 2.14. The van der Waals surface area contributed by atoms with E-state index in [0.717, 1.165) is 16.7 Å². The van der Waals surface area contributed by atoms with E-state index in [1.165, 1.54) is 11.3 Å². The van der Waals surface area contributed by atoms with Crippen LogP contribution in [-0.4, -0.2) is 37.2 Å². The highest BCUT2D eigenvalue weighted by molar-refractivity contribution is 7.20. The fourth-order valence-electron chi connectivity index (χ4n) is 2.56. The van der Waals surface area contributed by atoms with E-state index < -0.39 is 0 Å². The summed E-state index contributed by atoms with van der Waals surface area (Å²) in [5, 5.41) is 3.64. The molecule has 8 heteroatoms. The molecule has 0 spiro atoms. The van der Waals surface area contributed by atoms with Gasteiger partial charge in [0.05, 0.1) is 24.5 Å². The van der Waals surface area contributed by atoms with Crippen LogP contribution in [0.5, 0.6) is 11.6 Å². The molecule has 3 rings (SSSR count). The van der Waals surface area contributed by atoms with E-state index in [2.05, 4.69) is 15.3 Å². The number of hydrogen-bond donors (Lipinski definition) is 1. The summed E-state index contributed by atoms with van der Waals surface area (Å²) in [5.74, 6) is 1.48. The third kappa shape index (κ3) is 3.47. The molecule has 0 bridgehead atoms. The highest BCUT2D eigenvalue weighted by atomic mass is 32.1. The molecule has 136 valence electrons. The van der Waals surface area contributed by atoms with Crippen LogP contribution in [0.3, 0.4) is 0 Å². The largest absolute Gasteiger partial charge is 0.497 e. The van der Waals surface area contributed by atoms with Gasteiger partial charge >= 0.3 is 0 Å². The number of hydrogen-bond acceptors (Lipinski definition) is 7. The number of methoxy groups -OCH3 is 3. The zero-order valence-corrected chi connectivity index (χ0v) is 15.8. The Morgan fingerprint density at radius 3 is 2.46 bits per heavy atom. The molecule has 2 aromatic heterocycles. The maximum atomic E-state index is 12.7. The lowest BCUT2D eigenvalue weighted by Crippen LogP contribution is -2.11. The van der Waals surface area contributed by atoms with Crippen molar-refractivity contribution in [3.05, 3.63) is 40.5 Å². The van der Waals surface area contributed by atoms with Crippen LogP contribution < -0.4 is 14.8 Å². The topological polar surface area (TPSA) is 82.6 Å². The molecule has 7 nitrogen and oxygen atoms in total. The van der Waals surface area contributed by atoms with E-state index >= 15 is 0 Å². The summed E-state index contributed by atoms with van der Waals surface area (Å²) in [7, 11) is 4.72. The number of rotatable bonds is 6. The van der Waals surface area contributed by atoms with Crippen LogP contribution in [-0.2, 0) is 11.3 Å². The van der Waals surface area contributed by atoms with Crippen LogP contribution >= 0.6 is 11.3 Å². The lowest BCUT2D eigenvalue weighted by Gasteiger charge is -2.06. The van der Waals surface area contributed by atoms with Crippen molar-refractivity contribution in [3.63, 3.8) is 0 Å². The predicted molar refractivity (Wildman–Crippen MR) is 100 cm³/mol. The second-order valence-corrected chi connectivity index (χ2v) is 6.50. The molecule has 0 radical (unpaired) electrons. The number of anilines is 1. The van der Waals surface area contributed by atoms with E-state index in [4.69, 9.17) is 14.2 Å². The molecule has 0 aliphatic carbocycles. The lowest BCUT2D eigenvalue weighted by atomic mass is 10.2. The number of nitrogens with zero attached hydrogens (tertiary/aromatic N) is 2. The molecule has 2 heterocycles. The van der Waals surface area contributed by atoms with Crippen molar-refractivity contribution in [1.82, 2.24) is 9.97 Å². The summed E-state index contributed by atoms with van der Waals surface area (Å²) in [5.41, 5.74) is 1.47. The molecule has 0 saturated heterocycles. The quantitative estimate of drug-likeness (QED) is 0.713. The second kappa shape index (κ2) is 7.67. The minimum atomic E-state index is -0.203. The normalized spacial score (nSPS) is 10.8. The van der Waals surface area contributed by atoms with Gasteiger partial charge in [0.25, 0.3) is 5.91 Å². The second-order valence-electron chi connectivity index (χ2n) is 5.50. The highest BCUT2D eigenvalue weighted by Crippen LogP contribution is 2.35. The number of benzene rings is 1. The maximum Gasteiger partial charge on any atom is 0.266 e. The predicted octanol–water partition coefficient (Wildman–Crippen LogP) is 3.42. The molecule has 1 aromatic carbocycles. The van der Waals surface area contributed by atoms with Gasteiger partial charge in [-0.25, -0.2) is 4.98 Å². The van der Waals surface area contributed by atoms with Gasteiger partial charge in [-0.1, -0.05) is 0 Å². The van der Waals surface area contributed by atoms with Crippen molar-refractivity contribution < 1.29 is 19.0 Å². The van der Waals surface area contributed by atoms with Crippen molar-refractivity contribution in [2.24, 2.45) is 0 Å². The molecule has 0 saturated carbocycles. The lowest BCUT2D eigenvalue weighted by molar-refractivity contribution is 0.103. The van der Waals surface area contributed by atoms with Crippen LogP contribution in [0.25, 0.3) is 10.2 Å². The Bertz CT molecular complexity index is 938. The van der Waals surface area contributed by atoms with Crippen molar-refractivity contribution in [2.45, 2.75) is 13.5 Å². The number of aryl methyl sites for hydroxylation is 1. The van der Waals surface area contributed by atoms with Crippen LogP contribution in [0, 0.1) is 6.92 Å². The van der Waals surface area contributed by atoms with Gasteiger partial charge in [0, 0.05) is 12.8 Å². The minimum absolute atomic E-state index is 0.203. The van der Waals surface area contributed by atoms with Crippen LogP contribution in [0.2, 0.25) is 0 Å². The van der Waals surface area contributed by atoms with Gasteiger partial charge in [0.15, 0.2) is 5.82 Å². The van der Waals surface area contributed by atoms with Crippen molar-refractivity contribution in [2.75, 3.05) is 26.6 Å². The number of carbonyl (C=O) groups is 1. The van der Waals surface area contributed by atoms with Gasteiger partial charge in [-0.2, -0.15) is 4.98 Å². The number of nitrogens with one attached hydrogen (secondary N) is 1. The van der Waals surface area contributed by atoms with Gasteiger partial charge < -0.3 is 19.5 Å². The van der Waals surface area contributed by atoms with Gasteiger partial charge in [-0.15, -0.1) is 11.3 Å². The fourth-order valence-corrected chi connectivity index (χ4v) is 3.65. The Morgan fingerprint density at radius 1 is 1.12 bits per heavy atom. The molecule has 3 aromatic rings. The Kier molecular flexibility index (Phi) is 5.34. The molecule has 1 N–H and O–H groups in total. The van der Waals surface area contributed by atoms with E-state index in [0.29, 0.717) is 27.1 Å². The fraction of sp³-hybridized carbons (Fsp3) is 0.278. The highest BCUT2D eigenvalue weighted by Gasteiger charge is 2.21. The molecule has 0 aliphatic rings. The van der Waals surface area contributed by atoms with E-state index in [1.54, 1.807) is 45.6 Å². The standard InChI is InChI=1S/C18H19N3O4S/c1-10-14-17(25-4)20-13(9-23-2)21-18(14)26-15(10)16(22)19-11-5-7-12(24-3)8-6-11/h5-8H,9H2,1-4H3,(H,19,22). The number of ether oxygens (including phenoxy) is 3. The number of amides is 1. The number of fused-ring (bicyclic) bond motifs is 1. The first kappa shape index (κ1) is 18.1. The Balaban J connectivity index is 1.95. The number of aromatic nitrogens is 2. The monoisotopic (exact) mass is 373 g/mol. The smallest absolute Gasteiger partial charge is 0.266 e. The third-order valence-corrected chi connectivity index (χ3v) is 5.01.